The number of aromatic amines is 2. The third kappa shape index (κ3) is 1.89. The Morgan fingerprint density at radius 2 is 2.10 bits per heavy atom. The first-order valence-corrected chi connectivity index (χ1v) is 6.92. The van der Waals surface area contributed by atoms with E-state index >= 15 is 0 Å². The molecule has 3 aromatic rings. The first-order valence-electron chi connectivity index (χ1n) is 6.92. The van der Waals surface area contributed by atoms with Gasteiger partial charge in [0.1, 0.15) is 11.3 Å². The number of rotatable bonds is 3. The van der Waals surface area contributed by atoms with Crippen LogP contribution in [0.1, 0.15) is 30.3 Å². The predicted octanol–water partition coefficient (Wildman–Crippen LogP) is 2.02. The minimum absolute atomic E-state index is 0.381. The molecule has 6 nitrogen and oxygen atoms in total. The van der Waals surface area contributed by atoms with Crippen LogP contribution < -0.4 is 0 Å². The van der Waals surface area contributed by atoms with Crippen molar-refractivity contribution in [2.24, 2.45) is 0 Å². The fraction of sp³-hybridized carbons (Fsp3) is 0.357. The molecule has 6 heteroatoms. The van der Waals surface area contributed by atoms with Crippen molar-refractivity contribution < 1.29 is 0 Å². The van der Waals surface area contributed by atoms with Gasteiger partial charge in [-0.15, -0.1) is 0 Å². The second-order valence-corrected chi connectivity index (χ2v) is 5.17. The molecule has 20 heavy (non-hydrogen) atoms. The van der Waals surface area contributed by atoms with Crippen molar-refractivity contribution in [3.05, 3.63) is 42.4 Å². The topological polar surface area (TPSA) is 73.5 Å². The highest BCUT2D eigenvalue weighted by Crippen LogP contribution is 2.31. The molecule has 1 saturated heterocycles. The fourth-order valence-corrected chi connectivity index (χ4v) is 3.03. The molecule has 1 atom stereocenters. The maximum atomic E-state index is 4.43. The highest BCUT2D eigenvalue weighted by molar-refractivity contribution is 5.74. The molecule has 0 bridgehead atoms. The normalized spacial score (nSPS) is 19.9. The predicted molar refractivity (Wildman–Crippen MR) is 74.9 cm³/mol. The highest BCUT2D eigenvalue weighted by atomic mass is 15.2. The lowest BCUT2D eigenvalue weighted by Gasteiger charge is -2.22. The van der Waals surface area contributed by atoms with Gasteiger partial charge in [0.25, 0.3) is 0 Å². The molecule has 1 unspecified atom stereocenters. The summed E-state index contributed by atoms with van der Waals surface area (Å²) in [6.07, 6.45) is 11.5. The molecule has 1 aliphatic rings. The summed E-state index contributed by atoms with van der Waals surface area (Å²) in [6.45, 7) is 1.97. The van der Waals surface area contributed by atoms with Gasteiger partial charge in [0, 0.05) is 43.1 Å². The lowest BCUT2D eigenvalue weighted by Crippen LogP contribution is -2.23. The summed E-state index contributed by atoms with van der Waals surface area (Å²) in [5.41, 5.74) is 3.03. The molecule has 102 valence electrons. The number of imidazole rings is 1. The average molecular weight is 268 g/mol. The fourth-order valence-electron chi connectivity index (χ4n) is 3.03. The molecule has 0 radical (unpaired) electrons. The lowest BCUT2D eigenvalue weighted by molar-refractivity contribution is 0.241. The van der Waals surface area contributed by atoms with Crippen LogP contribution in [-0.4, -0.2) is 36.4 Å². The first kappa shape index (κ1) is 11.6. The van der Waals surface area contributed by atoms with Crippen LogP contribution in [0, 0.1) is 0 Å². The monoisotopic (exact) mass is 268 g/mol. The van der Waals surface area contributed by atoms with E-state index in [1.165, 1.54) is 12.0 Å². The second kappa shape index (κ2) is 4.72. The van der Waals surface area contributed by atoms with Crippen molar-refractivity contribution in [3.63, 3.8) is 0 Å². The minimum atomic E-state index is 0.381. The summed E-state index contributed by atoms with van der Waals surface area (Å²) in [6, 6.07) is 0.381. The Morgan fingerprint density at radius 1 is 1.15 bits per heavy atom. The summed E-state index contributed by atoms with van der Waals surface area (Å²) < 4.78 is 0. The Morgan fingerprint density at radius 3 is 3.00 bits per heavy atom. The van der Waals surface area contributed by atoms with Crippen molar-refractivity contribution in [3.8, 4) is 0 Å². The van der Waals surface area contributed by atoms with Crippen LogP contribution in [0.15, 0.2) is 31.0 Å². The third-order valence-corrected chi connectivity index (χ3v) is 3.96. The molecule has 4 rings (SSSR count). The standard InChI is InChI=1S/C14H16N6/c1-2-11(13-16-5-6-17-13)20(7-1)9-10-8-19-14-12(10)15-3-4-18-14/h3-6,8,11H,1-2,7,9H2,(H,16,17)(H,18,19). The lowest BCUT2D eigenvalue weighted by atomic mass is 10.2. The van der Waals surface area contributed by atoms with Crippen molar-refractivity contribution in [2.75, 3.05) is 6.54 Å². The summed E-state index contributed by atoms with van der Waals surface area (Å²) in [5.74, 6) is 1.06. The third-order valence-electron chi connectivity index (χ3n) is 3.96. The van der Waals surface area contributed by atoms with Gasteiger partial charge in [-0.1, -0.05) is 0 Å². The van der Waals surface area contributed by atoms with Crippen molar-refractivity contribution >= 4 is 11.2 Å². The number of H-pyrrole nitrogens is 2. The number of hydrogen-bond donors (Lipinski definition) is 2. The average Bonchev–Trinajstić information content (AvgIpc) is 3.19. The summed E-state index contributed by atoms with van der Waals surface area (Å²) in [7, 11) is 0. The molecule has 0 amide bonds. The molecule has 0 saturated carbocycles. The van der Waals surface area contributed by atoms with E-state index in [4.69, 9.17) is 0 Å². The smallest absolute Gasteiger partial charge is 0.156 e. The number of aromatic nitrogens is 5. The number of fused-ring (bicyclic) bond motifs is 1. The van der Waals surface area contributed by atoms with Gasteiger partial charge in [-0.3, -0.25) is 9.88 Å². The Labute approximate surface area is 116 Å². The summed E-state index contributed by atoms with van der Waals surface area (Å²) >= 11 is 0. The van der Waals surface area contributed by atoms with E-state index in [1.54, 1.807) is 12.4 Å². The molecular weight excluding hydrogens is 252 g/mol. The molecule has 0 spiro atoms. The van der Waals surface area contributed by atoms with Crippen LogP contribution in [0.4, 0.5) is 0 Å². The minimum Gasteiger partial charge on any atom is -0.347 e. The van der Waals surface area contributed by atoms with Crippen LogP contribution in [0.2, 0.25) is 0 Å². The van der Waals surface area contributed by atoms with Crippen molar-refractivity contribution in [1.82, 2.24) is 29.8 Å². The van der Waals surface area contributed by atoms with E-state index in [0.29, 0.717) is 6.04 Å². The maximum absolute atomic E-state index is 4.43. The van der Waals surface area contributed by atoms with Crippen LogP contribution >= 0.6 is 0 Å². The largest absolute Gasteiger partial charge is 0.347 e. The van der Waals surface area contributed by atoms with Crippen LogP contribution in [-0.2, 0) is 6.54 Å². The Hall–Kier alpha value is -2.21. The van der Waals surface area contributed by atoms with E-state index in [-0.39, 0.29) is 0 Å². The SMILES string of the molecule is c1c[nH]c(C2CCCN2Cc2c[nH]c3nccnc23)n1. The van der Waals surface area contributed by atoms with E-state index < -0.39 is 0 Å². The number of nitrogens with one attached hydrogen (secondary N) is 2. The zero-order chi connectivity index (χ0) is 13.4. The van der Waals surface area contributed by atoms with Gasteiger partial charge < -0.3 is 9.97 Å². The number of nitrogens with zero attached hydrogens (tertiary/aromatic N) is 4. The zero-order valence-electron chi connectivity index (χ0n) is 11.1. The molecule has 1 aliphatic heterocycles. The zero-order valence-corrected chi connectivity index (χ0v) is 11.1. The molecule has 1 fully saturated rings. The Balaban J connectivity index is 1.62. The van der Waals surface area contributed by atoms with Gasteiger partial charge in [0.2, 0.25) is 0 Å². The van der Waals surface area contributed by atoms with E-state index in [2.05, 4.69) is 29.8 Å². The van der Waals surface area contributed by atoms with Gasteiger partial charge in [0.05, 0.1) is 6.04 Å². The van der Waals surface area contributed by atoms with Crippen LogP contribution in [0.3, 0.4) is 0 Å². The van der Waals surface area contributed by atoms with Gasteiger partial charge >= 0.3 is 0 Å². The summed E-state index contributed by atoms with van der Waals surface area (Å²) in [5, 5.41) is 0. The number of hydrogen-bond acceptors (Lipinski definition) is 4. The molecule has 2 N–H and O–H groups in total. The summed E-state index contributed by atoms with van der Waals surface area (Å²) in [4.78, 5) is 22.0. The van der Waals surface area contributed by atoms with Gasteiger partial charge in [-0.25, -0.2) is 9.97 Å². The number of likely N-dealkylation sites (tertiary alicyclic amines) is 1. The maximum Gasteiger partial charge on any atom is 0.156 e. The van der Waals surface area contributed by atoms with E-state index in [9.17, 15) is 0 Å². The van der Waals surface area contributed by atoms with Gasteiger partial charge in [0.15, 0.2) is 5.65 Å². The molecular formula is C14H16N6. The quantitative estimate of drug-likeness (QED) is 0.762. The Bertz CT molecular complexity index is 701. The van der Waals surface area contributed by atoms with Gasteiger partial charge in [-0.2, -0.15) is 0 Å². The van der Waals surface area contributed by atoms with E-state index in [1.807, 2.05) is 18.6 Å². The second-order valence-electron chi connectivity index (χ2n) is 5.17. The molecule has 0 aliphatic carbocycles. The van der Waals surface area contributed by atoms with Gasteiger partial charge in [-0.05, 0) is 19.4 Å². The highest BCUT2D eigenvalue weighted by Gasteiger charge is 2.28. The van der Waals surface area contributed by atoms with Crippen molar-refractivity contribution in [1.29, 1.82) is 0 Å². The first-order chi connectivity index (χ1) is 9.92. The van der Waals surface area contributed by atoms with Crippen LogP contribution in [0.25, 0.3) is 11.2 Å². The molecule has 4 heterocycles. The Kier molecular flexibility index (Phi) is 2.74. The van der Waals surface area contributed by atoms with Crippen molar-refractivity contribution in [2.45, 2.75) is 25.4 Å². The van der Waals surface area contributed by atoms with Crippen LogP contribution in [0.5, 0.6) is 0 Å². The van der Waals surface area contributed by atoms with E-state index in [0.717, 1.165) is 36.5 Å². The molecule has 3 aromatic heterocycles. The molecule has 0 aromatic carbocycles.